The van der Waals surface area contributed by atoms with Crippen molar-refractivity contribution in [1.82, 2.24) is 0 Å². The van der Waals surface area contributed by atoms with Crippen molar-refractivity contribution in [2.45, 2.75) is 6.42 Å². The van der Waals surface area contributed by atoms with Gasteiger partial charge in [0.1, 0.15) is 11.5 Å². The van der Waals surface area contributed by atoms with E-state index >= 15 is 0 Å². The molecule has 0 saturated carbocycles. The Morgan fingerprint density at radius 1 is 1.12 bits per heavy atom. The maximum absolute atomic E-state index is 10.3. The topological polar surface area (TPSA) is 66.8 Å². The lowest BCUT2D eigenvalue weighted by Crippen LogP contribution is -2.04. The van der Waals surface area contributed by atoms with Crippen LogP contribution in [0.1, 0.15) is 6.42 Å². The first-order valence-corrected chi connectivity index (χ1v) is 5.22. The van der Waals surface area contributed by atoms with Gasteiger partial charge in [0.25, 0.3) is 0 Å². The van der Waals surface area contributed by atoms with Gasteiger partial charge in [-0.2, -0.15) is 0 Å². The van der Waals surface area contributed by atoms with Gasteiger partial charge < -0.3 is 14.9 Å². The van der Waals surface area contributed by atoms with Gasteiger partial charge in [-0.15, -0.1) is 0 Å². The zero-order valence-corrected chi connectivity index (χ0v) is 9.09. The molecule has 0 spiro atoms. The molecule has 17 heavy (non-hydrogen) atoms. The van der Waals surface area contributed by atoms with E-state index in [0.717, 1.165) is 10.8 Å². The van der Waals surface area contributed by atoms with Crippen molar-refractivity contribution >= 4 is 16.7 Å². The first-order chi connectivity index (χ1) is 8.15. The predicted molar refractivity (Wildman–Crippen MR) is 63.4 cm³/mol. The Kier molecular flexibility index (Phi) is 3.14. The number of carboxylic acids is 1. The van der Waals surface area contributed by atoms with Crippen molar-refractivity contribution < 1.29 is 19.7 Å². The molecule has 2 aromatic carbocycles. The minimum absolute atomic E-state index is 0.0202. The van der Waals surface area contributed by atoms with Gasteiger partial charge >= 0.3 is 5.97 Å². The monoisotopic (exact) mass is 232 g/mol. The van der Waals surface area contributed by atoms with Crippen LogP contribution in [0, 0.1) is 0 Å². The fourth-order valence-corrected chi connectivity index (χ4v) is 1.56. The molecule has 4 heteroatoms. The molecule has 4 nitrogen and oxygen atoms in total. The third kappa shape index (κ3) is 2.87. The maximum atomic E-state index is 10.3. The molecule has 0 fully saturated rings. The summed E-state index contributed by atoms with van der Waals surface area (Å²) in [6, 6.07) is 10.4. The number of hydrogen-bond donors (Lipinski definition) is 2. The van der Waals surface area contributed by atoms with Crippen LogP contribution in [0.4, 0.5) is 0 Å². The van der Waals surface area contributed by atoms with Crippen LogP contribution in [0.3, 0.4) is 0 Å². The van der Waals surface area contributed by atoms with Gasteiger partial charge in [0.2, 0.25) is 0 Å². The average Bonchev–Trinajstić information content (AvgIpc) is 2.29. The van der Waals surface area contributed by atoms with Crippen molar-refractivity contribution in [3.8, 4) is 11.5 Å². The van der Waals surface area contributed by atoms with Crippen LogP contribution in [0.2, 0.25) is 0 Å². The lowest BCUT2D eigenvalue weighted by Gasteiger charge is -2.06. The first-order valence-electron chi connectivity index (χ1n) is 5.22. The number of phenolic OH excluding ortho intramolecular Hbond substituents is 1. The molecule has 0 atom stereocenters. The van der Waals surface area contributed by atoms with E-state index in [1.807, 2.05) is 12.1 Å². The van der Waals surface area contributed by atoms with E-state index in [-0.39, 0.29) is 18.8 Å². The first kappa shape index (κ1) is 11.3. The molecule has 0 heterocycles. The Hall–Kier alpha value is -2.23. The van der Waals surface area contributed by atoms with Crippen molar-refractivity contribution in [3.05, 3.63) is 36.4 Å². The number of benzene rings is 2. The average molecular weight is 232 g/mol. The van der Waals surface area contributed by atoms with E-state index in [0.29, 0.717) is 5.75 Å². The van der Waals surface area contributed by atoms with Crippen LogP contribution >= 0.6 is 0 Å². The number of ether oxygens (including phenoxy) is 1. The Morgan fingerprint density at radius 3 is 2.59 bits per heavy atom. The highest BCUT2D eigenvalue weighted by atomic mass is 16.5. The van der Waals surface area contributed by atoms with Crippen LogP contribution in [0.15, 0.2) is 36.4 Å². The van der Waals surface area contributed by atoms with Crippen molar-refractivity contribution in [3.63, 3.8) is 0 Å². The highest BCUT2D eigenvalue weighted by Crippen LogP contribution is 2.24. The summed E-state index contributed by atoms with van der Waals surface area (Å²) < 4.78 is 5.31. The number of rotatable bonds is 4. The number of aliphatic carboxylic acids is 1. The van der Waals surface area contributed by atoms with E-state index in [1.165, 1.54) is 0 Å². The van der Waals surface area contributed by atoms with Crippen molar-refractivity contribution in [2.24, 2.45) is 0 Å². The van der Waals surface area contributed by atoms with Gasteiger partial charge in [-0.1, -0.05) is 12.1 Å². The molecule has 0 unspecified atom stereocenters. The summed E-state index contributed by atoms with van der Waals surface area (Å²) in [6.07, 6.45) is -0.0202. The summed E-state index contributed by atoms with van der Waals surface area (Å²) in [6.45, 7) is 0.152. The van der Waals surface area contributed by atoms with E-state index in [9.17, 15) is 9.90 Å². The fourth-order valence-electron chi connectivity index (χ4n) is 1.56. The minimum atomic E-state index is -0.879. The van der Waals surface area contributed by atoms with Crippen LogP contribution < -0.4 is 4.74 Å². The summed E-state index contributed by atoms with van der Waals surface area (Å²) in [5.74, 6) is -0.0304. The molecule has 2 rings (SSSR count). The molecule has 0 amide bonds. The summed E-state index contributed by atoms with van der Waals surface area (Å²) in [5, 5.41) is 19.6. The van der Waals surface area contributed by atoms with Crippen LogP contribution in [-0.2, 0) is 4.79 Å². The van der Waals surface area contributed by atoms with Crippen molar-refractivity contribution in [1.29, 1.82) is 0 Å². The molecular formula is C13H12O4. The minimum Gasteiger partial charge on any atom is -0.508 e. The lowest BCUT2D eigenvalue weighted by molar-refractivity contribution is -0.137. The van der Waals surface area contributed by atoms with E-state index in [4.69, 9.17) is 9.84 Å². The molecule has 2 aromatic rings. The van der Waals surface area contributed by atoms with Gasteiger partial charge in [0.05, 0.1) is 13.0 Å². The third-order valence-corrected chi connectivity index (χ3v) is 2.38. The second-order valence-corrected chi connectivity index (χ2v) is 3.69. The lowest BCUT2D eigenvalue weighted by atomic mass is 10.1. The molecule has 0 aliphatic carbocycles. The fraction of sp³-hybridized carbons (Fsp3) is 0.154. The molecule has 0 bridgehead atoms. The highest BCUT2D eigenvalue weighted by molar-refractivity contribution is 5.85. The molecule has 88 valence electrons. The van der Waals surface area contributed by atoms with Crippen LogP contribution in [0.25, 0.3) is 10.8 Å². The Labute approximate surface area is 98.1 Å². The standard InChI is InChI=1S/C13H12O4/c14-11-3-1-10-8-12(4-2-9(10)7-11)17-6-5-13(15)16/h1-4,7-8,14H,5-6H2,(H,15,16). The summed E-state index contributed by atoms with van der Waals surface area (Å²) in [7, 11) is 0. The zero-order chi connectivity index (χ0) is 12.3. The number of fused-ring (bicyclic) bond motifs is 1. The smallest absolute Gasteiger partial charge is 0.306 e. The van der Waals surface area contributed by atoms with Crippen LogP contribution in [-0.4, -0.2) is 22.8 Å². The number of aromatic hydroxyl groups is 1. The Morgan fingerprint density at radius 2 is 1.82 bits per heavy atom. The van der Waals surface area contributed by atoms with E-state index in [1.54, 1.807) is 24.3 Å². The number of carbonyl (C=O) groups is 1. The summed E-state index contributed by atoms with van der Waals surface area (Å²) >= 11 is 0. The van der Waals surface area contributed by atoms with Gasteiger partial charge in [-0.3, -0.25) is 4.79 Å². The zero-order valence-electron chi connectivity index (χ0n) is 9.09. The van der Waals surface area contributed by atoms with Gasteiger partial charge in [-0.05, 0) is 35.0 Å². The quantitative estimate of drug-likeness (QED) is 0.849. The maximum Gasteiger partial charge on any atom is 0.306 e. The van der Waals surface area contributed by atoms with Gasteiger partial charge in [-0.25, -0.2) is 0 Å². The van der Waals surface area contributed by atoms with Crippen molar-refractivity contribution in [2.75, 3.05) is 6.61 Å². The number of carboxylic acid groups (broad SMARTS) is 1. The second-order valence-electron chi connectivity index (χ2n) is 3.69. The Balaban J connectivity index is 2.14. The molecular weight excluding hydrogens is 220 g/mol. The largest absolute Gasteiger partial charge is 0.508 e. The predicted octanol–water partition coefficient (Wildman–Crippen LogP) is 2.40. The summed E-state index contributed by atoms with van der Waals surface area (Å²) in [5.41, 5.74) is 0. The molecule has 0 saturated heterocycles. The van der Waals surface area contributed by atoms with E-state index < -0.39 is 5.97 Å². The third-order valence-electron chi connectivity index (χ3n) is 2.38. The molecule has 0 aliphatic rings. The van der Waals surface area contributed by atoms with E-state index in [2.05, 4.69) is 0 Å². The molecule has 0 radical (unpaired) electrons. The number of phenols is 1. The SMILES string of the molecule is O=C(O)CCOc1ccc2cc(O)ccc2c1. The number of hydrogen-bond acceptors (Lipinski definition) is 3. The van der Waals surface area contributed by atoms with Gasteiger partial charge in [0.15, 0.2) is 0 Å². The van der Waals surface area contributed by atoms with Gasteiger partial charge in [0, 0.05) is 0 Å². The second kappa shape index (κ2) is 4.74. The molecule has 2 N–H and O–H groups in total. The highest BCUT2D eigenvalue weighted by Gasteiger charge is 2.00. The normalized spacial score (nSPS) is 10.4. The summed E-state index contributed by atoms with van der Waals surface area (Å²) in [4.78, 5) is 10.3. The Bertz CT molecular complexity index is 548. The molecule has 0 aromatic heterocycles. The molecule has 0 aliphatic heterocycles. The van der Waals surface area contributed by atoms with Crippen LogP contribution in [0.5, 0.6) is 11.5 Å².